The lowest BCUT2D eigenvalue weighted by Gasteiger charge is -2.31. The lowest BCUT2D eigenvalue weighted by molar-refractivity contribution is 0.140. The molecule has 0 N–H and O–H groups in total. The van der Waals surface area contributed by atoms with Gasteiger partial charge in [0.05, 0.1) is 6.07 Å². The Morgan fingerprint density at radius 3 is 2.65 bits per heavy atom. The molecule has 0 saturated carbocycles. The largest absolute Gasteiger partial charge is 0.483 e. The van der Waals surface area contributed by atoms with Crippen LogP contribution >= 0.6 is 11.6 Å². The molecule has 0 fully saturated rings. The van der Waals surface area contributed by atoms with Crippen molar-refractivity contribution in [3.05, 3.63) is 64.2 Å². The van der Waals surface area contributed by atoms with E-state index >= 15 is 0 Å². The molecule has 0 radical (unpaired) electrons. The van der Waals surface area contributed by atoms with E-state index in [0.29, 0.717) is 11.4 Å². The Bertz CT molecular complexity index is 721. The summed E-state index contributed by atoms with van der Waals surface area (Å²) in [5.74, 6) is 0.763. The predicted molar refractivity (Wildman–Crippen MR) is 93.4 cm³/mol. The topological polar surface area (TPSA) is 33.0 Å². The van der Waals surface area contributed by atoms with Crippen molar-refractivity contribution in [1.29, 1.82) is 5.26 Å². The molecule has 1 atom stereocenters. The quantitative estimate of drug-likeness (QED) is 0.708. The third-order valence-electron chi connectivity index (χ3n) is 4.39. The lowest BCUT2D eigenvalue weighted by Crippen LogP contribution is -2.32. The van der Waals surface area contributed by atoms with E-state index in [1.165, 1.54) is 18.4 Å². The highest BCUT2D eigenvalue weighted by atomic mass is 35.5. The van der Waals surface area contributed by atoms with E-state index in [9.17, 15) is 5.26 Å². The van der Waals surface area contributed by atoms with Gasteiger partial charge in [-0.05, 0) is 74.1 Å². The molecular weight excluding hydrogens is 306 g/mol. The van der Waals surface area contributed by atoms with Crippen LogP contribution in [0, 0.1) is 11.3 Å². The first-order valence-electron chi connectivity index (χ1n) is 8.06. The number of halogens is 1. The Kier molecular flexibility index (Phi) is 4.59. The van der Waals surface area contributed by atoms with Gasteiger partial charge in [-0.2, -0.15) is 5.26 Å². The van der Waals surface area contributed by atoms with Crippen LogP contribution in [0.5, 0.6) is 5.75 Å². The average molecular weight is 326 g/mol. The van der Waals surface area contributed by atoms with Gasteiger partial charge in [-0.3, -0.25) is 0 Å². The number of rotatable bonds is 3. The zero-order chi connectivity index (χ0) is 16.3. The van der Waals surface area contributed by atoms with Crippen LogP contribution in [0.1, 0.15) is 39.0 Å². The minimum Gasteiger partial charge on any atom is -0.483 e. The van der Waals surface area contributed by atoms with E-state index in [0.717, 1.165) is 29.7 Å². The Morgan fingerprint density at radius 1 is 1.22 bits per heavy atom. The number of nitrogens with zero attached hydrogens (tertiary/aromatic N) is 1. The van der Waals surface area contributed by atoms with Gasteiger partial charge in [-0.25, -0.2) is 0 Å². The number of hydrogen-bond acceptors (Lipinski definition) is 2. The molecule has 1 unspecified atom stereocenters. The zero-order valence-electron chi connectivity index (χ0n) is 13.3. The van der Waals surface area contributed by atoms with E-state index < -0.39 is 5.60 Å². The molecular formula is C20H20ClNO. The van der Waals surface area contributed by atoms with Gasteiger partial charge >= 0.3 is 0 Å². The van der Waals surface area contributed by atoms with Crippen molar-refractivity contribution in [1.82, 2.24) is 0 Å². The van der Waals surface area contributed by atoms with Gasteiger partial charge in [0.2, 0.25) is 0 Å². The highest BCUT2D eigenvalue weighted by Crippen LogP contribution is 2.36. The van der Waals surface area contributed by atoms with Crippen molar-refractivity contribution in [2.45, 2.75) is 44.6 Å². The fourth-order valence-corrected chi connectivity index (χ4v) is 3.32. The SMILES string of the molecule is CC1(Oc2ccc(Cl)cc2)C=CC(C2=CCCCC2)=C(C#N)C1. The van der Waals surface area contributed by atoms with Gasteiger partial charge in [-0.1, -0.05) is 23.8 Å². The van der Waals surface area contributed by atoms with E-state index in [4.69, 9.17) is 16.3 Å². The number of ether oxygens (including phenoxy) is 1. The standard InChI is InChI=1S/C20H20ClNO/c1-20(23-18-9-7-17(21)8-10-18)12-11-19(16(13-20)14-22)15-5-3-2-4-6-15/h5,7-12H,2-4,6,13H2,1H3. The van der Waals surface area contributed by atoms with E-state index in [-0.39, 0.29) is 0 Å². The molecule has 1 aromatic rings. The highest BCUT2D eigenvalue weighted by molar-refractivity contribution is 6.30. The van der Waals surface area contributed by atoms with Crippen LogP contribution in [0.3, 0.4) is 0 Å². The lowest BCUT2D eigenvalue weighted by atomic mass is 9.82. The first kappa shape index (κ1) is 15.9. The molecule has 3 heteroatoms. The second-order valence-electron chi connectivity index (χ2n) is 6.36. The Labute approximate surface area is 142 Å². The van der Waals surface area contributed by atoms with Crippen LogP contribution in [-0.4, -0.2) is 5.60 Å². The molecule has 0 spiro atoms. The molecule has 0 bridgehead atoms. The summed E-state index contributed by atoms with van der Waals surface area (Å²) in [6, 6.07) is 9.73. The summed E-state index contributed by atoms with van der Waals surface area (Å²) in [7, 11) is 0. The fraction of sp³-hybridized carbons (Fsp3) is 0.350. The number of benzene rings is 1. The Morgan fingerprint density at radius 2 is 2.00 bits per heavy atom. The third-order valence-corrected chi connectivity index (χ3v) is 4.64. The predicted octanol–water partition coefficient (Wildman–Crippen LogP) is 5.76. The molecule has 1 aromatic carbocycles. The Hall–Kier alpha value is -1.98. The Balaban J connectivity index is 1.82. The first-order chi connectivity index (χ1) is 11.1. The normalized spacial score (nSPS) is 24.1. The van der Waals surface area contributed by atoms with Crippen LogP contribution in [-0.2, 0) is 0 Å². The summed E-state index contributed by atoms with van der Waals surface area (Å²) in [5.41, 5.74) is 2.73. The molecule has 0 amide bonds. The van der Waals surface area contributed by atoms with Crippen LogP contribution in [0.4, 0.5) is 0 Å². The van der Waals surface area contributed by atoms with E-state index in [1.54, 1.807) is 0 Å². The maximum absolute atomic E-state index is 9.58. The number of nitriles is 1. The molecule has 0 aromatic heterocycles. The smallest absolute Gasteiger partial charge is 0.129 e. The maximum atomic E-state index is 9.58. The first-order valence-corrected chi connectivity index (χ1v) is 8.44. The van der Waals surface area contributed by atoms with Gasteiger partial charge in [-0.15, -0.1) is 0 Å². The van der Waals surface area contributed by atoms with Gasteiger partial charge in [0, 0.05) is 17.0 Å². The molecule has 0 aliphatic heterocycles. The summed E-state index contributed by atoms with van der Waals surface area (Å²) in [4.78, 5) is 0. The minimum absolute atomic E-state index is 0.502. The monoisotopic (exact) mass is 325 g/mol. The molecule has 3 rings (SSSR count). The molecule has 2 aliphatic rings. The van der Waals surface area contributed by atoms with Crippen molar-refractivity contribution in [2.24, 2.45) is 0 Å². The average Bonchev–Trinajstić information content (AvgIpc) is 2.57. The minimum atomic E-state index is -0.502. The summed E-state index contributed by atoms with van der Waals surface area (Å²) in [6.45, 7) is 2.02. The van der Waals surface area contributed by atoms with Crippen molar-refractivity contribution in [3.63, 3.8) is 0 Å². The second kappa shape index (κ2) is 6.64. The molecule has 23 heavy (non-hydrogen) atoms. The van der Waals surface area contributed by atoms with Crippen LogP contribution in [0.15, 0.2) is 59.2 Å². The van der Waals surface area contributed by atoms with Crippen molar-refractivity contribution in [2.75, 3.05) is 0 Å². The molecule has 118 valence electrons. The third kappa shape index (κ3) is 3.68. The molecule has 0 saturated heterocycles. The highest BCUT2D eigenvalue weighted by Gasteiger charge is 2.30. The van der Waals surface area contributed by atoms with Crippen molar-refractivity contribution < 1.29 is 4.74 Å². The van der Waals surface area contributed by atoms with E-state index in [1.807, 2.05) is 31.2 Å². The van der Waals surface area contributed by atoms with Gasteiger partial charge in [0.1, 0.15) is 11.4 Å². The van der Waals surface area contributed by atoms with Crippen LogP contribution < -0.4 is 4.74 Å². The van der Waals surface area contributed by atoms with Crippen molar-refractivity contribution in [3.8, 4) is 11.8 Å². The second-order valence-corrected chi connectivity index (χ2v) is 6.79. The van der Waals surface area contributed by atoms with Crippen molar-refractivity contribution >= 4 is 11.6 Å². The maximum Gasteiger partial charge on any atom is 0.129 e. The molecule has 0 heterocycles. The summed E-state index contributed by atoms with van der Waals surface area (Å²) >= 11 is 5.91. The fourth-order valence-electron chi connectivity index (χ4n) is 3.19. The van der Waals surface area contributed by atoms with Gasteiger partial charge in [0.15, 0.2) is 0 Å². The number of allylic oxidation sites excluding steroid dienone is 4. The summed E-state index contributed by atoms with van der Waals surface area (Å²) in [6.07, 6.45) is 11.7. The van der Waals surface area contributed by atoms with Crippen LogP contribution in [0.25, 0.3) is 0 Å². The summed E-state index contributed by atoms with van der Waals surface area (Å²) < 4.78 is 6.12. The van der Waals surface area contributed by atoms with Gasteiger partial charge < -0.3 is 4.74 Å². The molecule has 2 nitrogen and oxygen atoms in total. The van der Waals surface area contributed by atoms with Crippen LogP contribution in [0.2, 0.25) is 5.02 Å². The van der Waals surface area contributed by atoms with E-state index in [2.05, 4.69) is 24.3 Å². The summed E-state index contributed by atoms with van der Waals surface area (Å²) in [5, 5.41) is 10.3. The zero-order valence-corrected chi connectivity index (χ0v) is 14.1. The molecule has 2 aliphatic carbocycles. The van der Waals surface area contributed by atoms with Gasteiger partial charge in [0.25, 0.3) is 0 Å². The number of hydrogen-bond donors (Lipinski definition) is 0.